The third-order valence-electron chi connectivity index (χ3n) is 3.60. The summed E-state index contributed by atoms with van der Waals surface area (Å²) in [5.74, 6) is -0.959. The predicted octanol–water partition coefficient (Wildman–Crippen LogP) is -0.735. The molecule has 0 spiro atoms. The number of carboxylic acid groups (broad SMARTS) is 1. The minimum absolute atomic E-state index is 0.110. The van der Waals surface area contributed by atoms with Crippen molar-refractivity contribution in [2.24, 2.45) is 0 Å². The van der Waals surface area contributed by atoms with Crippen LogP contribution >= 0.6 is 0 Å². The van der Waals surface area contributed by atoms with Gasteiger partial charge < -0.3 is 20.0 Å². The van der Waals surface area contributed by atoms with Crippen LogP contribution in [0.5, 0.6) is 0 Å². The van der Waals surface area contributed by atoms with Crippen LogP contribution in [0.15, 0.2) is 0 Å². The molecule has 2 N–H and O–H groups in total. The largest absolute Gasteiger partial charge is 0.480 e. The van der Waals surface area contributed by atoms with Crippen molar-refractivity contribution in [2.45, 2.75) is 18.9 Å². The number of aliphatic hydroxyl groups excluding tert-OH is 1. The van der Waals surface area contributed by atoms with Gasteiger partial charge in [0.15, 0.2) is 0 Å². The summed E-state index contributed by atoms with van der Waals surface area (Å²) in [5.41, 5.74) is 0. The molecule has 1 aliphatic heterocycles. The van der Waals surface area contributed by atoms with Crippen molar-refractivity contribution in [2.75, 3.05) is 45.9 Å². The molecule has 2 amide bonds. The Morgan fingerprint density at radius 1 is 1.16 bits per heavy atom. The number of carbonyl (C=O) groups is 2. The van der Waals surface area contributed by atoms with E-state index in [1.165, 1.54) is 4.90 Å². The molecule has 0 unspecified atom stereocenters. The van der Waals surface area contributed by atoms with Crippen LogP contribution in [-0.2, 0) is 4.79 Å². The highest BCUT2D eigenvalue weighted by Crippen LogP contribution is 2.27. The first kappa shape index (κ1) is 14.1. The fraction of sp³-hybridized carbons (Fsp3) is 0.833. The Morgan fingerprint density at radius 3 is 2.26 bits per heavy atom. The number of aliphatic carboxylic acids is 1. The smallest absolute Gasteiger partial charge is 0.323 e. The maximum atomic E-state index is 12.3. The average Bonchev–Trinajstić information content (AvgIpc) is 3.20. The van der Waals surface area contributed by atoms with E-state index in [1.807, 2.05) is 0 Å². The Kier molecular flexibility index (Phi) is 4.60. The second kappa shape index (κ2) is 6.21. The third kappa shape index (κ3) is 3.81. The van der Waals surface area contributed by atoms with Gasteiger partial charge in [-0.3, -0.25) is 9.69 Å². The van der Waals surface area contributed by atoms with Crippen molar-refractivity contribution in [1.82, 2.24) is 14.7 Å². The van der Waals surface area contributed by atoms with E-state index in [0.29, 0.717) is 19.6 Å². The van der Waals surface area contributed by atoms with Gasteiger partial charge in [-0.2, -0.15) is 0 Å². The van der Waals surface area contributed by atoms with Crippen LogP contribution < -0.4 is 0 Å². The summed E-state index contributed by atoms with van der Waals surface area (Å²) in [6, 6.07) is -0.0485. The van der Waals surface area contributed by atoms with E-state index in [4.69, 9.17) is 10.2 Å². The van der Waals surface area contributed by atoms with Gasteiger partial charge in [0.25, 0.3) is 0 Å². The van der Waals surface area contributed by atoms with E-state index < -0.39 is 5.97 Å². The van der Waals surface area contributed by atoms with Gasteiger partial charge in [0.1, 0.15) is 6.54 Å². The number of urea groups is 1. The van der Waals surface area contributed by atoms with E-state index in [9.17, 15) is 9.59 Å². The fourth-order valence-corrected chi connectivity index (χ4v) is 2.37. The van der Waals surface area contributed by atoms with Crippen LogP contribution in [0.25, 0.3) is 0 Å². The summed E-state index contributed by atoms with van der Waals surface area (Å²) in [7, 11) is 0. The molecule has 1 saturated carbocycles. The molecule has 108 valence electrons. The van der Waals surface area contributed by atoms with Gasteiger partial charge in [-0.25, -0.2) is 4.79 Å². The molecule has 1 aliphatic carbocycles. The zero-order chi connectivity index (χ0) is 13.8. The molecule has 1 saturated heterocycles. The van der Waals surface area contributed by atoms with E-state index in [1.54, 1.807) is 4.90 Å². The molecule has 2 aliphatic rings. The Morgan fingerprint density at radius 2 is 1.79 bits per heavy atom. The first-order valence-corrected chi connectivity index (χ1v) is 6.72. The lowest BCUT2D eigenvalue weighted by Gasteiger charge is -2.37. The maximum Gasteiger partial charge on any atom is 0.323 e. The molecule has 2 rings (SSSR count). The van der Waals surface area contributed by atoms with Crippen molar-refractivity contribution >= 4 is 12.0 Å². The first-order valence-electron chi connectivity index (χ1n) is 6.72. The van der Waals surface area contributed by atoms with Crippen LogP contribution in [0.4, 0.5) is 4.79 Å². The molecule has 0 bridgehead atoms. The lowest BCUT2D eigenvalue weighted by atomic mass is 10.3. The van der Waals surface area contributed by atoms with Gasteiger partial charge in [-0.05, 0) is 12.8 Å². The Labute approximate surface area is 112 Å². The second-order valence-corrected chi connectivity index (χ2v) is 5.09. The number of piperazine rings is 1. The minimum atomic E-state index is -0.959. The Balaban J connectivity index is 1.86. The lowest BCUT2D eigenvalue weighted by Crippen LogP contribution is -2.54. The summed E-state index contributed by atoms with van der Waals surface area (Å²) in [4.78, 5) is 28.4. The van der Waals surface area contributed by atoms with Crippen molar-refractivity contribution in [3.05, 3.63) is 0 Å². The van der Waals surface area contributed by atoms with Crippen molar-refractivity contribution in [3.63, 3.8) is 0 Å². The van der Waals surface area contributed by atoms with Crippen LogP contribution in [0, 0.1) is 0 Å². The number of hydrogen-bond donors (Lipinski definition) is 2. The van der Waals surface area contributed by atoms with Crippen LogP contribution in [0.2, 0.25) is 0 Å². The number of rotatable bonds is 5. The highest BCUT2D eigenvalue weighted by Gasteiger charge is 2.36. The molecule has 7 nitrogen and oxygen atoms in total. The molecule has 7 heteroatoms. The number of amides is 2. The summed E-state index contributed by atoms with van der Waals surface area (Å²) in [5, 5.41) is 17.7. The van der Waals surface area contributed by atoms with Gasteiger partial charge in [0.05, 0.1) is 6.61 Å². The van der Waals surface area contributed by atoms with Crippen molar-refractivity contribution in [3.8, 4) is 0 Å². The molecule has 0 atom stereocenters. The normalized spacial score (nSPS) is 20.4. The summed E-state index contributed by atoms with van der Waals surface area (Å²) in [6.45, 7) is 3.21. The van der Waals surface area contributed by atoms with Gasteiger partial charge in [-0.1, -0.05) is 0 Å². The summed E-state index contributed by atoms with van der Waals surface area (Å²) >= 11 is 0. The first-order chi connectivity index (χ1) is 9.11. The van der Waals surface area contributed by atoms with E-state index in [2.05, 4.69) is 4.90 Å². The SMILES string of the molecule is O=C(O)CN(C(=O)N1CCN(CCO)CC1)C1CC1. The van der Waals surface area contributed by atoms with Crippen LogP contribution in [0.1, 0.15) is 12.8 Å². The van der Waals surface area contributed by atoms with Gasteiger partial charge >= 0.3 is 12.0 Å². The number of aliphatic hydroxyl groups is 1. The number of carboxylic acids is 1. The molecule has 19 heavy (non-hydrogen) atoms. The van der Waals surface area contributed by atoms with Gasteiger partial charge in [-0.15, -0.1) is 0 Å². The minimum Gasteiger partial charge on any atom is -0.480 e. The van der Waals surface area contributed by atoms with Gasteiger partial charge in [0, 0.05) is 38.8 Å². The number of carbonyl (C=O) groups excluding carboxylic acids is 1. The predicted molar refractivity (Wildman–Crippen MR) is 67.9 cm³/mol. The highest BCUT2D eigenvalue weighted by molar-refractivity contribution is 5.80. The van der Waals surface area contributed by atoms with Crippen molar-refractivity contribution in [1.29, 1.82) is 0 Å². The second-order valence-electron chi connectivity index (χ2n) is 5.09. The van der Waals surface area contributed by atoms with E-state index in [-0.39, 0.29) is 25.2 Å². The highest BCUT2D eigenvalue weighted by atomic mass is 16.4. The Bertz CT molecular complexity index is 338. The van der Waals surface area contributed by atoms with Crippen molar-refractivity contribution < 1.29 is 19.8 Å². The Hall–Kier alpha value is -1.34. The molecule has 2 fully saturated rings. The summed E-state index contributed by atoms with van der Waals surface area (Å²) in [6.07, 6.45) is 1.81. The molecule has 1 heterocycles. The number of β-amino-alcohol motifs (C(OH)–C–C–N with tert-alkyl or cyclic N) is 1. The molecule has 0 radical (unpaired) electrons. The lowest BCUT2D eigenvalue weighted by molar-refractivity contribution is -0.137. The van der Waals surface area contributed by atoms with Crippen LogP contribution in [0.3, 0.4) is 0 Å². The molecular weight excluding hydrogens is 250 g/mol. The van der Waals surface area contributed by atoms with E-state index >= 15 is 0 Å². The monoisotopic (exact) mass is 271 g/mol. The molecule has 0 aromatic heterocycles. The number of nitrogens with zero attached hydrogens (tertiary/aromatic N) is 3. The molecular formula is C12H21N3O4. The van der Waals surface area contributed by atoms with E-state index in [0.717, 1.165) is 25.9 Å². The third-order valence-corrected chi connectivity index (χ3v) is 3.60. The zero-order valence-corrected chi connectivity index (χ0v) is 11.0. The average molecular weight is 271 g/mol. The summed E-state index contributed by atoms with van der Waals surface area (Å²) < 4.78 is 0. The van der Waals surface area contributed by atoms with Crippen LogP contribution in [-0.4, -0.2) is 88.8 Å². The zero-order valence-electron chi connectivity index (χ0n) is 11.0. The van der Waals surface area contributed by atoms with Gasteiger partial charge in [0.2, 0.25) is 0 Å². The molecule has 0 aromatic rings. The quantitative estimate of drug-likeness (QED) is 0.688. The number of hydrogen-bond acceptors (Lipinski definition) is 4. The topological polar surface area (TPSA) is 84.3 Å². The maximum absolute atomic E-state index is 12.3. The fourth-order valence-electron chi connectivity index (χ4n) is 2.37. The molecule has 0 aromatic carbocycles. The standard InChI is InChI=1S/C12H21N3O4/c16-8-7-13-3-5-14(6-4-13)12(19)15(9-11(17)18)10-1-2-10/h10,16H,1-9H2,(H,17,18).